The van der Waals surface area contributed by atoms with Crippen molar-refractivity contribution in [1.82, 2.24) is 5.32 Å². The van der Waals surface area contributed by atoms with E-state index >= 15 is 0 Å². The van der Waals surface area contributed by atoms with Crippen LogP contribution in [0.2, 0.25) is 0 Å². The molecule has 1 aliphatic heterocycles. The minimum Gasteiger partial charge on any atom is -0.495 e. The number of aryl methyl sites for hydroxylation is 2. The number of anilines is 1. The van der Waals surface area contributed by atoms with Gasteiger partial charge in [0.05, 0.1) is 12.8 Å². The number of benzene rings is 3. The van der Waals surface area contributed by atoms with Crippen molar-refractivity contribution in [2.24, 2.45) is 0 Å². The van der Waals surface area contributed by atoms with Gasteiger partial charge in [0.2, 0.25) is 0 Å². The molecule has 0 unspecified atom stereocenters. The van der Waals surface area contributed by atoms with E-state index in [2.05, 4.69) is 11.4 Å². The zero-order chi connectivity index (χ0) is 20.8. The minimum absolute atomic E-state index is 0.0980. The largest absolute Gasteiger partial charge is 0.495 e. The van der Waals surface area contributed by atoms with Crippen molar-refractivity contribution >= 4 is 40.4 Å². The number of nitrogens with one attached hydrogen (secondary N) is 1. The summed E-state index contributed by atoms with van der Waals surface area (Å²) in [6.07, 6.45) is 3.54. The molecule has 6 heteroatoms. The van der Waals surface area contributed by atoms with Gasteiger partial charge in [-0.15, -0.1) is 0 Å². The van der Waals surface area contributed by atoms with Crippen LogP contribution in [0, 0.1) is 0 Å². The lowest BCUT2D eigenvalue weighted by molar-refractivity contribution is -0.122. The number of barbiturate groups is 1. The first-order valence-electron chi connectivity index (χ1n) is 9.66. The summed E-state index contributed by atoms with van der Waals surface area (Å²) in [6.45, 7) is 0. The van der Waals surface area contributed by atoms with Crippen molar-refractivity contribution in [1.29, 1.82) is 0 Å². The molecule has 0 spiro atoms. The Hall–Kier alpha value is -3.93. The number of hydrogen-bond donors (Lipinski definition) is 1. The Balaban J connectivity index is 1.64. The highest BCUT2D eigenvalue weighted by atomic mass is 16.5. The highest BCUT2D eigenvalue weighted by molar-refractivity contribution is 6.39. The number of urea groups is 1. The molecule has 1 aliphatic carbocycles. The van der Waals surface area contributed by atoms with Gasteiger partial charge in [0, 0.05) is 0 Å². The summed E-state index contributed by atoms with van der Waals surface area (Å²) in [5.41, 5.74) is 3.49. The fraction of sp³-hybridized carbons (Fsp3) is 0.125. The number of carbonyl (C=O) groups excluding carboxylic acids is 3. The first kappa shape index (κ1) is 18.1. The molecule has 0 atom stereocenters. The van der Waals surface area contributed by atoms with Crippen molar-refractivity contribution in [3.05, 3.63) is 76.9 Å². The topological polar surface area (TPSA) is 75.7 Å². The van der Waals surface area contributed by atoms with Gasteiger partial charge < -0.3 is 4.74 Å². The normalized spacial score (nSPS) is 17.0. The predicted molar refractivity (Wildman–Crippen MR) is 113 cm³/mol. The molecular weight excluding hydrogens is 380 g/mol. The summed E-state index contributed by atoms with van der Waals surface area (Å²) >= 11 is 0. The van der Waals surface area contributed by atoms with Gasteiger partial charge in [-0.25, -0.2) is 9.69 Å². The maximum Gasteiger partial charge on any atom is 0.336 e. The third kappa shape index (κ3) is 2.69. The molecule has 30 heavy (non-hydrogen) atoms. The SMILES string of the molecule is COc1ccccc1N1C(=O)NC(=O)/C(=C/c2ccc3c4c(cccc24)CC3)C1=O. The molecule has 1 heterocycles. The quantitative estimate of drug-likeness (QED) is 0.540. The van der Waals surface area contributed by atoms with E-state index in [4.69, 9.17) is 4.74 Å². The molecule has 6 nitrogen and oxygen atoms in total. The van der Waals surface area contributed by atoms with Gasteiger partial charge in [0.1, 0.15) is 11.3 Å². The van der Waals surface area contributed by atoms with Crippen molar-refractivity contribution in [3.63, 3.8) is 0 Å². The lowest BCUT2D eigenvalue weighted by Crippen LogP contribution is -2.54. The molecule has 4 amide bonds. The summed E-state index contributed by atoms with van der Waals surface area (Å²) in [4.78, 5) is 39.2. The van der Waals surface area contributed by atoms with Crippen LogP contribution >= 0.6 is 0 Å². The number of amides is 4. The van der Waals surface area contributed by atoms with Crippen molar-refractivity contribution in [2.75, 3.05) is 12.0 Å². The molecular formula is C24H18N2O4. The van der Waals surface area contributed by atoms with Gasteiger partial charge in [0.25, 0.3) is 11.8 Å². The zero-order valence-corrected chi connectivity index (χ0v) is 16.3. The van der Waals surface area contributed by atoms with E-state index in [9.17, 15) is 14.4 Å². The highest BCUT2D eigenvalue weighted by Gasteiger charge is 2.38. The number of carbonyl (C=O) groups is 3. The minimum atomic E-state index is -0.799. The molecule has 0 aromatic heterocycles. The molecule has 2 aliphatic rings. The lowest BCUT2D eigenvalue weighted by Gasteiger charge is -2.27. The molecule has 0 saturated carbocycles. The van der Waals surface area contributed by atoms with Crippen LogP contribution in [0.3, 0.4) is 0 Å². The van der Waals surface area contributed by atoms with Crippen molar-refractivity contribution in [2.45, 2.75) is 12.8 Å². The monoisotopic (exact) mass is 398 g/mol. The van der Waals surface area contributed by atoms with Crippen LogP contribution in [-0.4, -0.2) is 25.0 Å². The van der Waals surface area contributed by atoms with E-state index < -0.39 is 17.8 Å². The Labute approximate surface area is 172 Å². The van der Waals surface area contributed by atoms with E-state index in [0.717, 1.165) is 28.7 Å². The Morgan fingerprint density at radius 1 is 0.933 bits per heavy atom. The van der Waals surface area contributed by atoms with Crippen molar-refractivity contribution in [3.8, 4) is 5.75 Å². The standard InChI is InChI=1S/C24H18N2O4/c1-30-20-8-3-2-7-19(20)26-23(28)18(22(27)25-24(26)29)13-16-12-11-15-10-9-14-5-4-6-17(16)21(14)15/h2-8,11-13H,9-10H2,1H3,(H,25,27,29)/b18-13-. The number of nitrogens with zero attached hydrogens (tertiary/aromatic N) is 1. The van der Waals surface area contributed by atoms with E-state index in [0.29, 0.717) is 5.75 Å². The first-order valence-corrected chi connectivity index (χ1v) is 9.66. The molecule has 3 aromatic rings. The van der Waals surface area contributed by atoms with E-state index in [1.165, 1.54) is 23.6 Å². The number of imide groups is 2. The number of para-hydroxylation sites is 2. The molecule has 148 valence electrons. The van der Waals surface area contributed by atoms with Gasteiger partial charge in [0.15, 0.2) is 0 Å². The number of hydrogen-bond acceptors (Lipinski definition) is 4. The number of ether oxygens (including phenoxy) is 1. The molecule has 1 fully saturated rings. The zero-order valence-electron chi connectivity index (χ0n) is 16.3. The van der Waals surface area contributed by atoms with Crippen LogP contribution < -0.4 is 15.0 Å². The first-order chi connectivity index (χ1) is 14.6. The average Bonchev–Trinajstić information content (AvgIpc) is 3.17. The van der Waals surface area contributed by atoms with Crippen LogP contribution in [0.5, 0.6) is 5.75 Å². The third-order valence-electron chi connectivity index (χ3n) is 5.64. The van der Waals surface area contributed by atoms with Crippen molar-refractivity contribution < 1.29 is 19.1 Å². The van der Waals surface area contributed by atoms with Crippen LogP contribution in [0.25, 0.3) is 16.8 Å². The van der Waals surface area contributed by atoms with Gasteiger partial charge in [-0.1, -0.05) is 42.5 Å². The summed E-state index contributed by atoms with van der Waals surface area (Å²) in [5.74, 6) is -1.03. The molecule has 1 saturated heterocycles. The van der Waals surface area contributed by atoms with E-state index in [1.807, 2.05) is 24.3 Å². The predicted octanol–water partition coefficient (Wildman–Crippen LogP) is 3.61. The Bertz CT molecular complexity index is 1270. The molecule has 0 bridgehead atoms. The summed E-state index contributed by atoms with van der Waals surface area (Å²) < 4.78 is 5.29. The Morgan fingerprint density at radius 2 is 1.70 bits per heavy atom. The van der Waals surface area contributed by atoms with Crippen LogP contribution in [0.1, 0.15) is 16.7 Å². The number of rotatable bonds is 3. The van der Waals surface area contributed by atoms with Gasteiger partial charge >= 0.3 is 6.03 Å². The Morgan fingerprint density at radius 3 is 2.50 bits per heavy atom. The van der Waals surface area contributed by atoms with Gasteiger partial charge in [-0.2, -0.15) is 0 Å². The van der Waals surface area contributed by atoms with E-state index in [-0.39, 0.29) is 11.3 Å². The summed E-state index contributed by atoms with van der Waals surface area (Å²) in [6, 6.07) is 15.9. The molecule has 0 radical (unpaired) electrons. The molecule has 3 aromatic carbocycles. The molecule has 1 N–H and O–H groups in total. The third-order valence-corrected chi connectivity index (χ3v) is 5.64. The maximum absolute atomic E-state index is 13.2. The molecule has 5 rings (SSSR count). The maximum atomic E-state index is 13.2. The van der Waals surface area contributed by atoms with Gasteiger partial charge in [-0.3, -0.25) is 14.9 Å². The smallest absolute Gasteiger partial charge is 0.336 e. The van der Waals surface area contributed by atoms with Gasteiger partial charge in [-0.05, 0) is 58.5 Å². The fourth-order valence-corrected chi connectivity index (χ4v) is 4.24. The van der Waals surface area contributed by atoms with E-state index in [1.54, 1.807) is 30.3 Å². The van der Waals surface area contributed by atoms with Crippen LogP contribution in [0.15, 0.2) is 60.2 Å². The fourth-order valence-electron chi connectivity index (χ4n) is 4.24. The lowest BCUT2D eigenvalue weighted by atomic mass is 9.97. The number of methoxy groups -OCH3 is 1. The average molecular weight is 398 g/mol. The van der Waals surface area contributed by atoms with Crippen LogP contribution in [0.4, 0.5) is 10.5 Å². The summed E-state index contributed by atoms with van der Waals surface area (Å²) in [5, 5.41) is 4.45. The second-order valence-corrected chi connectivity index (χ2v) is 7.28. The Kier molecular flexibility index (Phi) is 4.13. The van der Waals surface area contributed by atoms with Crippen LogP contribution in [-0.2, 0) is 22.4 Å². The highest BCUT2D eigenvalue weighted by Crippen LogP contribution is 2.35. The second-order valence-electron chi connectivity index (χ2n) is 7.28. The summed E-state index contributed by atoms with van der Waals surface area (Å²) in [7, 11) is 1.46. The second kappa shape index (κ2) is 6.84.